The van der Waals surface area contributed by atoms with E-state index in [0.29, 0.717) is 22.9 Å². The number of fused-ring (bicyclic) bond motifs is 1. The van der Waals surface area contributed by atoms with E-state index in [1.807, 2.05) is 30.3 Å². The molecular weight excluding hydrogens is 510 g/mol. The van der Waals surface area contributed by atoms with E-state index in [4.69, 9.17) is 16.7 Å². The number of rotatable bonds is 10. The highest BCUT2D eigenvalue weighted by Gasteiger charge is 2.73. The Kier molecular flexibility index (Phi) is 7.79. The van der Waals surface area contributed by atoms with E-state index in [-0.39, 0.29) is 29.6 Å². The predicted molar refractivity (Wildman–Crippen MR) is 147 cm³/mol. The van der Waals surface area contributed by atoms with E-state index < -0.39 is 22.6 Å². The lowest BCUT2D eigenvalue weighted by Crippen LogP contribution is -2.51. The Labute approximate surface area is 226 Å². The standard InChI is InChI=1S/C28H32ClN3O4S/c29-18-10-12-20(13-11-18)31-26(35)24-28-15-14-21(37-28)22(25(34)30-19-8-4-3-5-9-19)23(28)27(36)32(24)16-6-1-2-7-17-33/h3-5,8-13,21-24,33H,1-2,6-7,14-17H2,(H,30,34)(H,31,35)/t21-,22+,23+,24?,28?/m1/s1. The molecule has 3 aliphatic heterocycles. The number of carbonyl (C=O) groups excluding carboxylic acids is 3. The first-order valence-corrected chi connectivity index (χ1v) is 14.2. The number of para-hydroxylation sites is 1. The molecule has 2 aromatic rings. The molecule has 3 amide bonds. The quantitative estimate of drug-likeness (QED) is 0.383. The molecule has 3 fully saturated rings. The van der Waals surface area contributed by atoms with Crippen LogP contribution in [0.25, 0.3) is 0 Å². The molecule has 0 radical (unpaired) electrons. The first-order valence-electron chi connectivity index (χ1n) is 13.0. The number of amides is 3. The van der Waals surface area contributed by atoms with Gasteiger partial charge in [-0.1, -0.05) is 42.6 Å². The van der Waals surface area contributed by atoms with E-state index in [0.717, 1.165) is 38.5 Å². The topological polar surface area (TPSA) is 98.7 Å². The van der Waals surface area contributed by atoms with Gasteiger partial charge in [-0.15, -0.1) is 11.8 Å². The number of carbonyl (C=O) groups is 3. The molecule has 196 valence electrons. The van der Waals surface area contributed by atoms with Crippen LogP contribution in [0.2, 0.25) is 5.02 Å². The smallest absolute Gasteiger partial charge is 0.248 e. The van der Waals surface area contributed by atoms with Crippen LogP contribution in [0.15, 0.2) is 54.6 Å². The Hall–Kier alpha value is -2.55. The fourth-order valence-electron chi connectivity index (χ4n) is 6.23. The molecule has 37 heavy (non-hydrogen) atoms. The summed E-state index contributed by atoms with van der Waals surface area (Å²) in [6.07, 6.45) is 4.73. The number of nitrogens with zero attached hydrogens (tertiary/aromatic N) is 1. The van der Waals surface area contributed by atoms with Gasteiger partial charge < -0.3 is 20.6 Å². The van der Waals surface area contributed by atoms with Gasteiger partial charge in [0.25, 0.3) is 0 Å². The van der Waals surface area contributed by atoms with Gasteiger partial charge in [-0.05, 0) is 62.1 Å². The molecule has 0 aromatic heterocycles. The number of aliphatic hydroxyl groups excluding tert-OH is 1. The molecule has 9 heteroatoms. The van der Waals surface area contributed by atoms with Crippen LogP contribution in [0.4, 0.5) is 11.4 Å². The number of aliphatic hydroxyl groups is 1. The third-order valence-corrected chi connectivity index (χ3v) is 10.0. The highest BCUT2D eigenvalue weighted by Crippen LogP contribution is 2.66. The molecule has 1 spiro atoms. The van der Waals surface area contributed by atoms with E-state index >= 15 is 0 Å². The molecular formula is C28H32ClN3O4S. The Morgan fingerprint density at radius 3 is 2.38 bits per heavy atom. The Balaban J connectivity index is 1.41. The van der Waals surface area contributed by atoms with Crippen LogP contribution >= 0.6 is 23.4 Å². The Bertz CT molecular complexity index is 1150. The second-order valence-electron chi connectivity index (χ2n) is 10.1. The zero-order valence-corrected chi connectivity index (χ0v) is 22.1. The number of halogens is 1. The Morgan fingerprint density at radius 1 is 0.973 bits per heavy atom. The molecule has 3 aliphatic rings. The number of benzene rings is 2. The minimum absolute atomic E-state index is 0.00944. The number of hydrogen-bond acceptors (Lipinski definition) is 5. The van der Waals surface area contributed by atoms with Crippen molar-refractivity contribution in [2.45, 2.75) is 54.6 Å². The summed E-state index contributed by atoms with van der Waals surface area (Å²) < 4.78 is -0.623. The summed E-state index contributed by atoms with van der Waals surface area (Å²) in [5.41, 5.74) is 1.33. The van der Waals surface area contributed by atoms with E-state index in [9.17, 15) is 14.4 Å². The summed E-state index contributed by atoms with van der Waals surface area (Å²) >= 11 is 7.68. The van der Waals surface area contributed by atoms with Crippen molar-refractivity contribution in [3.8, 4) is 0 Å². The fraction of sp³-hybridized carbons (Fsp3) is 0.464. The number of anilines is 2. The molecule has 2 bridgehead atoms. The number of nitrogens with one attached hydrogen (secondary N) is 2. The van der Waals surface area contributed by atoms with Crippen molar-refractivity contribution in [1.29, 1.82) is 0 Å². The molecule has 3 N–H and O–H groups in total. The summed E-state index contributed by atoms with van der Waals surface area (Å²) in [4.78, 5) is 43.0. The summed E-state index contributed by atoms with van der Waals surface area (Å²) in [5, 5.41) is 15.7. The van der Waals surface area contributed by atoms with E-state index in [1.165, 1.54) is 0 Å². The molecule has 2 aromatic carbocycles. The maximum atomic E-state index is 14.0. The molecule has 2 unspecified atom stereocenters. The van der Waals surface area contributed by atoms with Gasteiger partial charge in [-0.2, -0.15) is 0 Å². The van der Waals surface area contributed by atoms with Gasteiger partial charge in [-0.25, -0.2) is 0 Å². The molecule has 5 atom stereocenters. The fourth-order valence-corrected chi connectivity index (χ4v) is 8.58. The van der Waals surface area contributed by atoms with Gasteiger partial charge >= 0.3 is 0 Å². The maximum absolute atomic E-state index is 14.0. The van der Waals surface area contributed by atoms with Crippen molar-refractivity contribution in [2.75, 3.05) is 23.8 Å². The second-order valence-corrected chi connectivity index (χ2v) is 12.1. The predicted octanol–water partition coefficient (Wildman–Crippen LogP) is 4.56. The molecule has 5 rings (SSSR count). The van der Waals surface area contributed by atoms with Crippen LogP contribution in [0.3, 0.4) is 0 Å². The van der Waals surface area contributed by atoms with Crippen molar-refractivity contribution in [2.24, 2.45) is 11.8 Å². The summed E-state index contributed by atoms with van der Waals surface area (Å²) in [6.45, 7) is 0.607. The largest absolute Gasteiger partial charge is 0.396 e. The van der Waals surface area contributed by atoms with Crippen LogP contribution in [0.5, 0.6) is 0 Å². The molecule has 7 nitrogen and oxygen atoms in total. The van der Waals surface area contributed by atoms with Gasteiger partial charge in [0, 0.05) is 34.8 Å². The minimum atomic E-state index is -0.650. The van der Waals surface area contributed by atoms with E-state index in [2.05, 4.69) is 10.6 Å². The number of thioether (sulfide) groups is 1. The molecule has 0 aliphatic carbocycles. The highest BCUT2D eigenvalue weighted by molar-refractivity contribution is 8.02. The molecule has 3 saturated heterocycles. The average molecular weight is 542 g/mol. The summed E-state index contributed by atoms with van der Waals surface area (Å²) in [7, 11) is 0. The number of unbranched alkanes of at least 4 members (excludes halogenated alkanes) is 3. The van der Waals surface area contributed by atoms with Crippen molar-refractivity contribution in [1.82, 2.24) is 4.90 Å². The SMILES string of the molecule is O=C(Nc1ccc(Cl)cc1)C1N(CCCCCCO)C(=O)[C@@H]2[C@@H](C(=O)Nc3ccccc3)[C@H]3CCC12S3. The summed E-state index contributed by atoms with van der Waals surface area (Å²) in [5.74, 6) is -1.47. The maximum Gasteiger partial charge on any atom is 0.248 e. The molecule has 3 heterocycles. The van der Waals surface area contributed by atoms with Crippen molar-refractivity contribution in [3.63, 3.8) is 0 Å². The van der Waals surface area contributed by atoms with Gasteiger partial charge in [0.15, 0.2) is 0 Å². The lowest BCUT2D eigenvalue weighted by atomic mass is 9.70. The second kappa shape index (κ2) is 11.1. The Morgan fingerprint density at radius 2 is 1.65 bits per heavy atom. The molecule has 0 saturated carbocycles. The van der Waals surface area contributed by atoms with Gasteiger partial charge in [-0.3, -0.25) is 14.4 Å². The first kappa shape index (κ1) is 26.1. The van der Waals surface area contributed by atoms with Crippen molar-refractivity contribution >= 4 is 52.5 Å². The van der Waals surface area contributed by atoms with Crippen LogP contribution in [-0.2, 0) is 14.4 Å². The normalized spacial score (nSPS) is 27.8. The monoisotopic (exact) mass is 541 g/mol. The lowest BCUT2D eigenvalue weighted by molar-refractivity contribution is -0.138. The zero-order valence-electron chi connectivity index (χ0n) is 20.6. The van der Waals surface area contributed by atoms with Gasteiger partial charge in [0.2, 0.25) is 17.7 Å². The van der Waals surface area contributed by atoms with Crippen molar-refractivity contribution in [3.05, 3.63) is 59.6 Å². The third kappa shape index (κ3) is 4.99. The zero-order chi connectivity index (χ0) is 26.0. The number of likely N-dealkylation sites (tertiary alicyclic amines) is 1. The minimum Gasteiger partial charge on any atom is -0.396 e. The van der Waals surface area contributed by atoms with Crippen LogP contribution in [-0.4, -0.2) is 56.9 Å². The third-order valence-electron chi connectivity index (χ3n) is 7.81. The first-order chi connectivity index (χ1) is 17.9. The van der Waals surface area contributed by atoms with Crippen LogP contribution < -0.4 is 10.6 Å². The van der Waals surface area contributed by atoms with Crippen molar-refractivity contribution < 1.29 is 19.5 Å². The average Bonchev–Trinajstić information content (AvgIpc) is 3.53. The van der Waals surface area contributed by atoms with Gasteiger partial charge in [0.05, 0.1) is 16.6 Å². The summed E-state index contributed by atoms with van der Waals surface area (Å²) in [6, 6.07) is 15.6. The van der Waals surface area contributed by atoms with Gasteiger partial charge in [0.1, 0.15) is 6.04 Å². The highest BCUT2D eigenvalue weighted by atomic mass is 35.5. The lowest BCUT2D eigenvalue weighted by Gasteiger charge is -2.34. The van der Waals surface area contributed by atoms with Crippen LogP contribution in [0.1, 0.15) is 38.5 Å². The number of hydrogen-bond donors (Lipinski definition) is 3. The van der Waals surface area contributed by atoms with Crippen LogP contribution in [0, 0.1) is 11.8 Å². The van der Waals surface area contributed by atoms with E-state index in [1.54, 1.807) is 40.9 Å².